The van der Waals surface area contributed by atoms with E-state index in [0.717, 1.165) is 47.3 Å². The second-order valence-corrected chi connectivity index (χ2v) is 6.75. The van der Waals surface area contributed by atoms with Gasteiger partial charge in [0.25, 0.3) is 0 Å². The minimum Gasteiger partial charge on any atom is -0.398 e. The standard InChI is InChI=1S/C19H20ClN5/c1-10-13-4-3-5-17(18(13)25-19(20)15(10)9-21)24-12-6-7-16(23)14(8-12)11(2)22/h6-8,17,22,24H,3-5,23H2,1-2H3. The molecule has 1 aliphatic rings. The molecule has 1 atom stereocenters. The number of hydrogen-bond donors (Lipinski definition) is 3. The maximum atomic E-state index is 9.29. The monoisotopic (exact) mass is 353 g/mol. The van der Waals surface area contributed by atoms with Gasteiger partial charge in [0.05, 0.1) is 17.3 Å². The van der Waals surface area contributed by atoms with Crippen molar-refractivity contribution >= 4 is 28.7 Å². The van der Waals surface area contributed by atoms with Crippen molar-refractivity contribution in [3.63, 3.8) is 0 Å². The van der Waals surface area contributed by atoms with Crippen molar-refractivity contribution < 1.29 is 0 Å². The van der Waals surface area contributed by atoms with Crippen LogP contribution in [0.1, 0.15) is 53.8 Å². The Balaban J connectivity index is 1.99. The molecule has 0 amide bonds. The number of hydrogen-bond acceptors (Lipinski definition) is 5. The fourth-order valence-electron chi connectivity index (χ4n) is 3.39. The van der Waals surface area contributed by atoms with E-state index in [4.69, 9.17) is 22.7 Å². The van der Waals surface area contributed by atoms with Crippen molar-refractivity contribution in [1.29, 1.82) is 10.7 Å². The Labute approximate surface area is 152 Å². The van der Waals surface area contributed by atoms with Gasteiger partial charge in [-0.25, -0.2) is 4.98 Å². The van der Waals surface area contributed by atoms with Gasteiger partial charge in [-0.05, 0) is 62.4 Å². The minimum absolute atomic E-state index is 0.0233. The Hall–Kier alpha value is -2.58. The third-order valence-electron chi connectivity index (χ3n) is 4.72. The second-order valence-electron chi connectivity index (χ2n) is 6.39. The number of nitrogens with one attached hydrogen (secondary N) is 2. The number of nitrogen functional groups attached to an aromatic ring is 1. The molecule has 25 heavy (non-hydrogen) atoms. The molecule has 1 aliphatic carbocycles. The molecule has 0 spiro atoms. The van der Waals surface area contributed by atoms with E-state index in [1.54, 1.807) is 6.92 Å². The number of benzene rings is 1. The number of aromatic nitrogens is 1. The van der Waals surface area contributed by atoms with Crippen LogP contribution in [0.15, 0.2) is 18.2 Å². The van der Waals surface area contributed by atoms with Crippen molar-refractivity contribution in [3.05, 3.63) is 51.3 Å². The van der Waals surface area contributed by atoms with Crippen molar-refractivity contribution in [2.45, 2.75) is 39.2 Å². The lowest BCUT2D eigenvalue weighted by molar-refractivity contribution is 0.580. The van der Waals surface area contributed by atoms with Crippen LogP contribution in [-0.4, -0.2) is 10.7 Å². The van der Waals surface area contributed by atoms with Gasteiger partial charge in [0.15, 0.2) is 0 Å². The lowest BCUT2D eigenvalue weighted by atomic mass is 9.87. The molecule has 128 valence electrons. The van der Waals surface area contributed by atoms with Gasteiger partial charge in [0.2, 0.25) is 0 Å². The van der Waals surface area contributed by atoms with E-state index in [-0.39, 0.29) is 11.2 Å². The largest absolute Gasteiger partial charge is 0.398 e. The van der Waals surface area contributed by atoms with Gasteiger partial charge in [-0.1, -0.05) is 11.6 Å². The number of fused-ring (bicyclic) bond motifs is 1. The zero-order chi connectivity index (χ0) is 18.1. The first-order chi connectivity index (χ1) is 11.9. The summed E-state index contributed by atoms with van der Waals surface area (Å²) in [5, 5.41) is 20.9. The van der Waals surface area contributed by atoms with Crippen LogP contribution in [0, 0.1) is 23.7 Å². The maximum absolute atomic E-state index is 9.29. The summed E-state index contributed by atoms with van der Waals surface area (Å²) in [6, 6.07) is 7.79. The summed E-state index contributed by atoms with van der Waals surface area (Å²) < 4.78 is 0. The molecule has 0 saturated carbocycles. The molecule has 0 bridgehead atoms. The molecule has 3 rings (SSSR count). The Morgan fingerprint density at radius 3 is 2.92 bits per heavy atom. The highest BCUT2D eigenvalue weighted by Gasteiger charge is 2.26. The molecule has 0 radical (unpaired) electrons. The molecule has 0 fully saturated rings. The summed E-state index contributed by atoms with van der Waals surface area (Å²) in [6.07, 6.45) is 2.86. The molecule has 1 unspecified atom stereocenters. The zero-order valence-corrected chi connectivity index (χ0v) is 15.0. The SMILES string of the molecule is CC(=N)c1cc(NC2CCCc3c2nc(Cl)c(C#N)c3C)ccc1N. The van der Waals surface area contributed by atoms with E-state index in [0.29, 0.717) is 17.0 Å². The van der Waals surface area contributed by atoms with Crippen LogP contribution < -0.4 is 11.1 Å². The fraction of sp³-hybridized carbons (Fsp3) is 0.316. The van der Waals surface area contributed by atoms with Crippen LogP contribution in [0.5, 0.6) is 0 Å². The van der Waals surface area contributed by atoms with Crippen LogP contribution >= 0.6 is 11.6 Å². The van der Waals surface area contributed by atoms with Gasteiger partial charge in [-0.15, -0.1) is 0 Å². The summed E-state index contributed by atoms with van der Waals surface area (Å²) in [5.41, 5.74) is 12.0. The van der Waals surface area contributed by atoms with E-state index < -0.39 is 0 Å². The lowest BCUT2D eigenvalue weighted by Crippen LogP contribution is -2.21. The number of nitrogens with zero attached hydrogens (tertiary/aromatic N) is 2. The highest BCUT2D eigenvalue weighted by atomic mass is 35.5. The van der Waals surface area contributed by atoms with Gasteiger partial charge < -0.3 is 16.5 Å². The average Bonchev–Trinajstić information content (AvgIpc) is 2.57. The van der Waals surface area contributed by atoms with Crippen molar-refractivity contribution in [2.75, 3.05) is 11.1 Å². The molecule has 2 aromatic rings. The molecule has 1 aromatic heterocycles. The maximum Gasteiger partial charge on any atom is 0.147 e. The zero-order valence-electron chi connectivity index (χ0n) is 14.3. The van der Waals surface area contributed by atoms with Gasteiger partial charge in [-0.2, -0.15) is 5.26 Å². The molecule has 6 heteroatoms. The molecule has 1 aromatic carbocycles. The fourth-order valence-corrected chi connectivity index (χ4v) is 3.67. The normalized spacial score (nSPS) is 16.0. The Morgan fingerprint density at radius 1 is 1.48 bits per heavy atom. The van der Waals surface area contributed by atoms with Crippen LogP contribution in [0.4, 0.5) is 11.4 Å². The quantitative estimate of drug-likeness (QED) is 0.433. The van der Waals surface area contributed by atoms with Crippen molar-refractivity contribution in [3.8, 4) is 6.07 Å². The van der Waals surface area contributed by atoms with E-state index in [1.165, 1.54) is 0 Å². The van der Waals surface area contributed by atoms with Crippen LogP contribution in [0.2, 0.25) is 5.15 Å². The third kappa shape index (κ3) is 3.18. The Morgan fingerprint density at radius 2 is 2.24 bits per heavy atom. The highest BCUT2D eigenvalue weighted by molar-refractivity contribution is 6.30. The number of nitriles is 1. The van der Waals surface area contributed by atoms with Crippen LogP contribution in [0.25, 0.3) is 0 Å². The Bertz CT molecular complexity index is 898. The summed E-state index contributed by atoms with van der Waals surface area (Å²) in [5.74, 6) is 0. The molecule has 5 nitrogen and oxygen atoms in total. The van der Waals surface area contributed by atoms with Crippen molar-refractivity contribution in [2.24, 2.45) is 0 Å². The number of halogens is 1. The molecule has 4 N–H and O–H groups in total. The Kier molecular flexibility index (Phi) is 4.65. The molecule has 0 aliphatic heterocycles. The minimum atomic E-state index is 0.0233. The predicted octanol–water partition coefficient (Wildman–Crippen LogP) is 4.37. The smallest absolute Gasteiger partial charge is 0.147 e. The first-order valence-corrected chi connectivity index (χ1v) is 8.60. The van der Waals surface area contributed by atoms with E-state index >= 15 is 0 Å². The average molecular weight is 354 g/mol. The van der Waals surface area contributed by atoms with Crippen molar-refractivity contribution in [1.82, 2.24) is 4.98 Å². The summed E-state index contributed by atoms with van der Waals surface area (Å²) in [6.45, 7) is 3.66. The van der Waals surface area contributed by atoms with Gasteiger partial charge in [0, 0.05) is 22.6 Å². The number of rotatable bonds is 3. The lowest BCUT2D eigenvalue weighted by Gasteiger charge is -2.28. The first-order valence-electron chi connectivity index (χ1n) is 8.23. The third-order valence-corrected chi connectivity index (χ3v) is 4.99. The number of pyridine rings is 1. The topological polar surface area (TPSA) is 98.6 Å². The van der Waals surface area contributed by atoms with E-state index in [1.807, 2.05) is 25.1 Å². The highest BCUT2D eigenvalue weighted by Crippen LogP contribution is 2.36. The molecular formula is C19H20ClN5. The second kappa shape index (κ2) is 6.73. The van der Waals surface area contributed by atoms with E-state index in [2.05, 4.69) is 16.4 Å². The van der Waals surface area contributed by atoms with Crippen LogP contribution in [-0.2, 0) is 6.42 Å². The van der Waals surface area contributed by atoms with Crippen LogP contribution in [0.3, 0.4) is 0 Å². The van der Waals surface area contributed by atoms with E-state index in [9.17, 15) is 5.26 Å². The first kappa shape index (κ1) is 17.2. The number of anilines is 2. The summed E-state index contributed by atoms with van der Waals surface area (Å²) >= 11 is 6.22. The van der Waals surface area contributed by atoms with Gasteiger partial charge in [-0.3, -0.25) is 0 Å². The summed E-state index contributed by atoms with van der Waals surface area (Å²) in [7, 11) is 0. The predicted molar refractivity (Wildman–Crippen MR) is 101 cm³/mol. The van der Waals surface area contributed by atoms with Gasteiger partial charge in [0.1, 0.15) is 11.2 Å². The molecule has 1 heterocycles. The molecular weight excluding hydrogens is 334 g/mol. The number of nitrogens with two attached hydrogens (primary N) is 1. The summed E-state index contributed by atoms with van der Waals surface area (Å²) in [4.78, 5) is 4.51. The molecule has 0 saturated heterocycles. The van der Waals surface area contributed by atoms with Gasteiger partial charge >= 0.3 is 0 Å².